The van der Waals surface area contributed by atoms with E-state index in [0.717, 1.165) is 17.7 Å². The summed E-state index contributed by atoms with van der Waals surface area (Å²) in [6.45, 7) is 2.57. The van der Waals surface area contributed by atoms with Crippen LogP contribution in [0.2, 0.25) is 0 Å². The molecular weight excluding hydrogens is 168 g/mol. The van der Waals surface area contributed by atoms with Crippen LogP contribution < -0.4 is 11.3 Å². The van der Waals surface area contributed by atoms with Gasteiger partial charge in [0.2, 0.25) is 5.95 Å². The molecule has 5 heteroatoms. The Kier molecular flexibility index (Phi) is 3.60. The Morgan fingerprint density at radius 3 is 2.92 bits per heavy atom. The number of hydrazine groups is 1. The molecule has 0 radical (unpaired) electrons. The van der Waals surface area contributed by atoms with Crippen molar-refractivity contribution < 1.29 is 4.74 Å². The lowest BCUT2D eigenvalue weighted by Gasteiger charge is -2.06. The van der Waals surface area contributed by atoms with Crippen molar-refractivity contribution in [1.82, 2.24) is 9.97 Å². The summed E-state index contributed by atoms with van der Waals surface area (Å²) in [6, 6.07) is 0. The first kappa shape index (κ1) is 9.88. The molecule has 1 rings (SSSR count). The first-order valence-electron chi connectivity index (χ1n) is 4.12. The van der Waals surface area contributed by atoms with E-state index in [2.05, 4.69) is 15.4 Å². The van der Waals surface area contributed by atoms with E-state index >= 15 is 0 Å². The zero-order valence-corrected chi connectivity index (χ0v) is 7.87. The van der Waals surface area contributed by atoms with Crippen LogP contribution in [-0.2, 0) is 17.8 Å². The highest BCUT2D eigenvalue weighted by molar-refractivity contribution is 5.27. The SMILES string of the molecule is CCc1nc(NN)ncc1COC. The van der Waals surface area contributed by atoms with Gasteiger partial charge < -0.3 is 4.74 Å². The highest BCUT2D eigenvalue weighted by Crippen LogP contribution is 2.09. The fraction of sp³-hybridized carbons (Fsp3) is 0.500. The number of rotatable bonds is 4. The largest absolute Gasteiger partial charge is 0.380 e. The number of nitrogens with zero attached hydrogens (tertiary/aromatic N) is 2. The number of methoxy groups -OCH3 is 1. The molecule has 1 heterocycles. The van der Waals surface area contributed by atoms with Crippen molar-refractivity contribution in [1.29, 1.82) is 0 Å². The van der Waals surface area contributed by atoms with Crippen LogP contribution in [0.3, 0.4) is 0 Å². The molecule has 5 nitrogen and oxygen atoms in total. The maximum atomic E-state index is 5.19. The van der Waals surface area contributed by atoms with Gasteiger partial charge in [0.1, 0.15) is 0 Å². The molecule has 0 spiro atoms. The molecule has 0 aliphatic heterocycles. The number of aromatic nitrogens is 2. The van der Waals surface area contributed by atoms with Crippen LogP contribution in [0.25, 0.3) is 0 Å². The lowest BCUT2D eigenvalue weighted by molar-refractivity contribution is 0.183. The number of hydrogen-bond donors (Lipinski definition) is 2. The normalized spacial score (nSPS) is 10.1. The Labute approximate surface area is 77.3 Å². The van der Waals surface area contributed by atoms with Gasteiger partial charge in [-0.05, 0) is 6.42 Å². The second-order valence-corrected chi connectivity index (χ2v) is 2.60. The molecule has 0 bridgehead atoms. The Hall–Kier alpha value is -1.20. The van der Waals surface area contributed by atoms with E-state index < -0.39 is 0 Å². The highest BCUT2D eigenvalue weighted by atomic mass is 16.5. The molecule has 0 saturated heterocycles. The molecule has 13 heavy (non-hydrogen) atoms. The van der Waals surface area contributed by atoms with Gasteiger partial charge in [0.05, 0.1) is 12.3 Å². The average molecular weight is 182 g/mol. The van der Waals surface area contributed by atoms with Crippen LogP contribution in [0.1, 0.15) is 18.2 Å². The van der Waals surface area contributed by atoms with E-state index in [9.17, 15) is 0 Å². The summed E-state index contributed by atoms with van der Waals surface area (Å²) in [4.78, 5) is 8.20. The Morgan fingerprint density at radius 2 is 2.38 bits per heavy atom. The fourth-order valence-corrected chi connectivity index (χ4v) is 1.09. The summed E-state index contributed by atoms with van der Waals surface area (Å²) in [5.41, 5.74) is 4.37. The summed E-state index contributed by atoms with van der Waals surface area (Å²) in [5.74, 6) is 5.63. The Morgan fingerprint density at radius 1 is 1.62 bits per heavy atom. The van der Waals surface area contributed by atoms with Gasteiger partial charge >= 0.3 is 0 Å². The van der Waals surface area contributed by atoms with Gasteiger partial charge in [0.25, 0.3) is 0 Å². The van der Waals surface area contributed by atoms with Gasteiger partial charge in [-0.2, -0.15) is 0 Å². The minimum atomic E-state index is 0.441. The average Bonchev–Trinajstić information content (AvgIpc) is 2.19. The van der Waals surface area contributed by atoms with Crippen molar-refractivity contribution in [3.8, 4) is 0 Å². The van der Waals surface area contributed by atoms with E-state index in [-0.39, 0.29) is 0 Å². The summed E-state index contributed by atoms with van der Waals surface area (Å²) >= 11 is 0. The van der Waals surface area contributed by atoms with E-state index in [4.69, 9.17) is 10.6 Å². The van der Waals surface area contributed by atoms with E-state index in [1.807, 2.05) is 6.92 Å². The number of anilines is 1. The Bertz CT molecular complexity index is 277. The molecular formula is C8H14N4O. The van der Waals surface area contributed by atoms with Crippen molar-refractivity contribution in [2.24, 2.45) is 5.84 Å². The molecule has 0 fully saturated rings. The molecule has 0 aliphatic rings. The molecule has 0 atom stereocenters. The van der Waals surface area contributed by atoms with Gasteiger partial charge in [-0.25, -0.2) is 15.8 Å². The summed E-state index contributed by atoms with van der Waals surface area (Å²) in [5, 5.41) is 0. The van der Waals surface area contributed by atoms with Crippen LogP contribution >= 0.6 is 0 Å². The molecule has 1 aromatic heterocycles. The van der Waals surface area contributed by atoms with E-state index in [0.29, 0.717) is 12.6 Å². The molecule has 0 aliphatic carbocycles. The maximum absolute atomic E-state index is 5.19. The van der Waals surface area contributed by atoms with Crippen molar-refractivity contribution in [3.63, 3.8) is 0 Å². The minimum absolute atomic E-state index is 0.441. The predicted octanol–water partition coefficient (Wildman–Crippen LogP) is 0.471. The van der Waals surface area contributed by atoms with Crippen molar-refractivity contribution >= 4 is 5.95 Å². The van der Waals surface area contributed by atoms with Crippen LogP contribution in [-0.4, -0.2) is 17.1 Å². The van der Waals surface area contributed by atoms with Gasteiger partial charge in [-0.3, -0.25) is 5.43 Å². The summed E-state index contributed by atoms with van der Waals surface area (Å²) in [7, 11) is 1.65. The quantitative estimate of drug-likeness (QED) is 0.523. The molecule has 3 N–H and O–H groups in total. The minimum Gasteiger partial charge on any atom is -0.380 e. The standard InChI is InChI=1S/C8H14N4O/c1-3-7-6(5-13-2)4-10-8(11-7)12-9/h4H,3,5,9H2,1-2H3,(H,10,11,12). The molecule has 0 aromatic carbocycles. The number of ether oxygens (including phenoxy) is 1. The van der Waals surface area contributed by atoms with E-state index in [1.54, 1.807) is 13.3 Å². The van der Waals surface area contributed by atoms with Crippen molar-refractivity contribution in [2.45, 2.75) is 20.0 Å². The number of hydrogen-bond acceptors (Lipinski definition) is 5. The molecule has 72 valence electrons. The van der Waals surface area contributed by atoms with Crippen LogP contribution in [0, 0.1) is 0 Å². The van der Waals surface area contributed by atoms with Gasteiger partial charge in [0, 0.05) is 18.9 Å². The monoisotopic (exact) mass is 182 g/mol. The summed E-state index contributed by atoms with van der Waals surface area (Å²) < 4.78 is 5.01. The van der Waals surface area contributed by atoms with Crippen molar-refractivity contribution in [2.75, 3.05) is 12.5 Å². The molecule has 0 unspecified atom stereocenters. The third-order valence-corrected chi connectivity index (χ3v) is 1.72. The topological polar surface area (TPSA) is 73.1 Å². The predicted molar refractivity (Wildman–Crippen MR) is 49.9 cm³/mol. The smallest absolute Gasteiger partial charge is 0.237 e. The van der Waals surface area contributed by atoms with Crippen molar-refractivity contribution in [3.05, 3.63) is 17.5 Å². The zero-order valence-electron chi connectivity index (χ0n) is 7.87. The number of nitrogen functional groups attached to an aromatic ring is 1. The van der Waals surface area contributed by atoms with Crippen LogP contribution in [0.5, 0.6) is 0 Å². The lowest BCUT2D eigenvalue weighted by atomic mass is 10.2. The third kappa shape index (κ3) is 2.37. The first-order chi connectivity index (χ1) is 6.31. The second kappa shape index (κ2) is 4.74. The number of nitrogens with one attached hydrogen (secondary N) is 1. The molecule has 0 amide bonds. The van der Waals surface area contributed by atoms with E-state index in [1.165, 1.54) is 0 Å². The molecule has 0 saturated carbocycles. The second-order valence-electron chi connectivity index (χ2n) is 2.60. The highest BCUT2D eigenvalue weighted by Gasteiger charge is 2.03. The van der Waals surface area contributed by atoms with Gasteiger partial charge in [0.15, 0.2) is 0 Å². The fourth-order valence-electron chi connectivity index (χ4n) is 1.09. The number of aryl methyl sites for hydroxylation is 1. The first-order valence-corrected chi connectivity index (χ1v) is 4.12. The van der Waals surface area contributed by atoms with Gasteiger partial charge in [-0.1, -0.05) is 6.92 Å². The lowest BCUT2D eigenvalue weighted by Crippen LogP contribution is -2.12. The molecule has 1 aromatic rings. The maximum Gasteiger partial charge on any atom is 0.237 e. The number of nitrogens with two attached hydrogens (primary N) is 1. The van der Waals surface area contributed by atoms with Crippen LogP contribution in [0.15, 0.2) is 6.20 Å². The zero-order chi connectivity index (χ0) is 9.68. The Balaban J connectivity index is 2.93. The van der Waals surface area contributed by atoms with Crippen LogP contribution in [0.4, 0.5) is 5.95 Å². The van der Waals surface area contributed by atoms with Gasteiger partial charge in [-0.15, -0.1) is 0 Å². The summed E-state index contributed by atoms with van der Waals surface area (Å²) in [6.07, 6.45) is 2.57. The third-order valence-electron chi connectivity index (χ3n) is 1.72.